The number of nitrogens with two attached hydrogens (primary N) is 1. The highest BCUT2D eigenvalue weighted by Crippen LogP contribution is 2.01. The van der Waals surface area contributed by atoms with Gasteiger partial charge in [-0.05, 0) is 12.3 Å². The average molecular weight is 245 g/mol. The minimum Gasteiger partial charge on any atom is -0.480 e. The zero-order valence-electron chi connectivity index (χ0n) is 10.0. The lowest BCUT2D eigenvalue weighted by Crippen LogP contribution is -2.46. The van der Waals surface area contributed by atoms with Crippen molar-refractivity contribution in [3.63, 3.8) is 0 Å². The van der Waals surface area contributed by atoms with Gasteiger partial charge in [-0.25, -0.2) is 4.79 Å². The largest absolute Gasteiger partial charge is 0.480 e. The lowest BCUT2D eigenvalue weighted by Gasteiger charge is -2.10. The molecule has 5 N–H and O–H groups in total. The molecule has 7 nitrogen and oxygen atoms in total. The van der Waals surface area contributed by atoms with Crippen LogP contribution in [0.25, 0.3) is 0 Å². The standard InChI is InChI=1S/C6H13NO2.C4H6N2O2/c1-4(2)3-5(7)6(8)9;7-3-1-2-5-4(8)6-3/h4-5H,3,7H2,1-2H3,(H,8,9);1-2H2,(H2,5,6,7,8)/t5-;/m0./s1. The van der Waals surface area contributed by atoms with E-state index in [9.17, 15) is 14.4 Å². The van der Waals surface area contributed by atoms with Crippen LogP contribution in [0.5, 0.6) is 0 Å². The number of carboxylic acids is 1. The fraction of sp³-hybridized carbons (Fsp3) is 0.700. The van der Waals surface area contributed by atoms with Crippen LogP contribution < -0.4 is 16.4 Å². The van der Waals surface area contributed by atoms with Crippen LogP contribution in [0.4, 0.5) is 4.79 Å². The highest BCUT2D eigenvalue weighted by atomic mass is 16.4. The van der Waals surface area contributed by atoms with Crippen molar-refractivity contribution in [2.75, 3.05) is 6.54 Å². The van der Waals surface area contributed by atoms with Crippen molar-refractivity contribution < 1.29 is 19.5 Å². The maximum atomic E-state index is 10.3. The van der Waals surface area contributed by atoms with Gasteiger partial charge in [0.05, 0.1) is 0 Å². The van der Waals surface area contributed by atoms with E-state index in [2.05, 4.69) is 10.6 Å². The Morgan fingerprint density at radius 1 is 1.47 bits per heavy atom. The zero-order chi connectivity index (χ0) is 13.4. The molecule has 17 heavy (non-hydrogen) atoms. The first kappa shape index (κ1) is 15.4. The van der Waals surface area contributed by atoms with Crippen LogP contribution >= 0.6 is 0 Å². The summed E-state index contributed by atoms with van der Waals surface area (Å²) in [5.41, 5.74) is 5.22. The third kappa shape index (κ3) is 8.21. The number of nitrogens with one attached hydrogen (secondary N) is 2. The molecule has 98 valence electrons. The second kappa shape index (κ2) is 7.61. The number of hydrogen-bond acceptors (Lipinski definition) is 4. The van der Waals surface area contributed by atoms with E-state index >= 15 is 0 Å². The van der Waals surface area contributed by atoms with Gasteiger partial charge in [-0.3, -0.25) is 14.9 Å². The molecule has 0 saturated carbocycles. The first-order chi connectivity index (χ1) is 7.82. The van der Waals surface area contributed by atoms with E-state index in [-0.39, 0.29) is 11.9 Å². The molecule has 3 amide bonds. The van der Waals surface area contributed by atoms with Crippen molar-refractivity contribution in [1.29, 1.82) is 0 Å². The average Bonchev–Trinajstić information content (AvgIpc) is 2.16. The molecule has 0 unspecified atom stereocenters. The van der Waals surface area contributed by atoms with Crippen molar-refractivity contribution in [3.8, 4) is 0 Å². The highest BCUT2D eigenvalue weighted by Gasteiger charge is 2.12. The molecule has 0 aromatic rings. The molecular weight excluding hydrogens is 226 g/mol. The van der Waals surface area contributed by atoms with Crippen molar-refractivity contribution in [2.24, 2.45) is 11.7 Å². The Balaban J connectivity index is 0.000000302. The summed E-state index contributed by atoms with van der Waals surface area (Å²) in [6.07, 6.45) is 0.946. The second-order valence-electron chi connectivity index (χ2n) is 4.13. The van der Waals surface area contributed by atoms with Crippen molar-refractivity contribution in [2.45, 2.75) is 32.7 Å². The molecule has 1 saturated heterocycles. The van der Waals surface area contributed by atoms with Gasteiger partial charge in [-0.2, -0.15) is 0 Å². The predicted octanol–water partition coefficient (Wildman–Crippen LogP) is -0.340. The summed E-state index contributed by atoms with van der Waals surface area (Å²) in [4.78, 5) is 30.6. The Hall–Kier alpha value is -1.63. The van der Waals surface area contributed by atoms with Gasteiger partial charge >= 0.3 is 12.0 Å². The minimum atomic E-state index is -0.913. The van der Waals surface area contributed by atoms with Gasteiger partial charge in [0.1, 0.15) is 6.04 Å². The fourth-order valence-electron chi connectivity index (χ4n) is 1.13. The number of imide groups is 1. The Morgan fingerprint density at radius 2 is 2.06 bits per heavy atom. The third-order valence-electron chi connectivity index (χ3n) is 1.93. The number of carboxylic acid groups (broad SMARTS) is 1. The molecule has 1 heterocycles. The molecule has 7 heteroatoms. The Kier molecular flexibility index (Phi) is 6.88. The second-order valence-corrected chi connectivity index (χ2v) is 4.13. The number of rotatable bonds is 3. The molecular formula is C10H19N3O4. The van der Waals surface area contributed by atoms with Crippen LogP contribution in [0.2, 0.25) is 0 Å². The molecule has 1 atom stereocenters. The molecule has 0 aliphatic carbocycles. The van der Waals surface area contributed by atoms with Crippen molar-refractivity contribution >= 4 is 17.9 Å². The van der Waals surface area contributed by atoms with Gasteiger partial charge in [0.25, 0.3) is 0 Å². The number of carbonyl (C=O) groups is 3. The van der Waals surface area contributed by atoms with Gasteiger partial charge in [-0.15, -0.1) is 0 Å². The summed E-state index contributed by atoms with van der Waals surface area (Å²) in [5.74, 6) is -0.756. The van der Waals surface area contributed by atoms with E-state index in [0.29, 0.717) is 25.3 Å². The number of hydrogen-bond donors (Lipinski definition) is 4. The quantitative estimate of drug-likeness (QED) is 0.542. The normalized spacial score (nSPS) is 16.5. The van der Waals surface area contributed by atoms with E-state index in [4.69, 9.17) is 10.8 Å². The monoisotopic (exact) mass is 245 g/mol. The van der Waals surface area contributed by atoms with E-state index in [1.807, 2.05) is 13.8 Å². The highest BCUT2D eigenvalue weighted by molar-refractivity contribution is 5.96. The van der Waals surface area contributed by atoms with Crippen LogP contribution in [0.15, 0.2) is 0 Å². The molecule has 1 aliphatic heterocycles. The van der Waals surface area contributed by atoms with Gasteiger partial charge < -0.3 is 16.2 Å². The van der Waals surface area contributed by atoms with E-state index < -0.39 is 12.0 Å². The predicted molar refractivity (Wildman–Crippen MR) is 61.2 cm³/mol. The summed E-state index contributed by atoms with van der Waals surface area (Å²) in [6.45, 7) is 4.36. The number of amides is 3. The lowest BCUT2D eigenvalue weighted by atomic mass is 10.1. The van der Waals surface area contributed by atoms with Gasteiger partial charge in [0.2, 0.25) is 5.91 Å². The molecule has 0 spiro atoms. The first-order valence-electron chi connectivity index (χ1n) is 5.39. The molecule has 1 fully saturated rings. The van der Waals surface area contributed by atoms with Gasteiger partial charge in [0, 0.05) is 13.0 Å². The maximum absolute atomic E-state index is 10.3. The van der Waals surface area contributed by atoms with E-state index in [0.717, 1.165) is 0 Å². The first-order valence-corrected chi connectivity index (χ1v) is 5.39. The molecule has 0 aromatic carbocycles. The van der Waals surface area contributed by atoms with Crippen molar-refractivity contribution in [3.05, 3.63) is 0 Å². The van der Waals surface area contributed by atoms with E-state index in [1.54, 1.807) is 0 Å². The number of carbonyl (C=O) groups excluding carboxylic acids is 2. The summed E-state index contributed by atoms with van der Waals surface area (Å²) < 4.78 is 0. The van der Waals surface area contributed by atoms with Crippen LogP contribution in [0.1, 0.15) is 26.7 Å². The topological polar surface area (TPSA) is 122 Å². The molecule has 0 aromatic heterocycles. The summed E-state index contributed by atoms with van der Waals surface area (Å²) >= 11 is 0. The third-order valence-corrected chi connectivity index (χ3v) is 1.93. The van der Waals surface area contributed by atoms with Crippen LogP contribution in [0, 0.1) is 5.92 Å². The molecule has 1 aliphatic rings. The molecule has 0 radical (unpaired) electrons. The summed E-state index contributed by atoms with van der Waals surface area (Å²) in [7, 11) is 0. The summed E-state index contributed by atoms with van der Waals surface area (Å²) in [6, 6.07) is -1.08. The molecule has 0 bridgehead atoms. The SMILES string of the molecule is CC(C)C[C@H](N)C(=O)O.O=C1CCNC(=O)N1. The fourth-order valence-corrected chi connectivity index (χ4v) is 1.13. The Labute approximate surface area is 99.7 Å². The molecule has 1 rings (SSSR count). The van der Waals surface area contributed by atoms with Gasteiger partial charge in [0.15, 0.2) is 0 Å². The maximum Gasteiger partial charge on any atom is 0.321 e. The smallest absolute Gasteiger partial charge is 0.321 e. The van der Waals surface area contributed by atoms with Crippen molar-refractivity contribution in [1.82, 2.24) is 10.6 Å². The Morgan fingerprint density at radius 3 is 2.29 bits per heavy atom. The zero-order valence-corrected chi connectivity index (χ0v) is 10.0. The van der Waals surface area contributed by atoms with Crippen LogP contribution in [-0.2, 0) is 9.59 Å². The van der Waals surface area contributed by atoms with Crippen LogP contribution in [-0.4, -0.2) is 35.6 Å². The Bertz CT molecular complexity index is 277. The number of aliphatic carboxylic acids is 1. The van der Waals surface area contributed by atoms with E-state index in [1.165, 1.54) is 0 Å². The van der Waals surface area contributed by atoms with Crippen LogP contribution in [0.3, 0.4) is 0 Å². The minimum absolute atomic E-state index is 0.200. The van der Waals surface area contributed by atoms with Gasteiger partial charge in [-0.1, -0.05) is 13.8 Å². The summed E-state index contributed by atoms with van der Waals surface area (Å²) in [5, 5.41) is 12.8. The number of urea groups is 1. The lowest BCUT2D eigenvalue weighted by molar-refractivity contribution is -0.138.